The number of hydrogen-bond donors (Lipinski definition) is 0. The van der Waals surface area contributed by atoms with E-state index in [0.717, 1.165) is 11.1 Å². The van der Waals surface area contributed by atoms with Crippen molar-refractivity contribution in [1.29, 1.82) is 0 Å². The van der Waals surface area contributed by atoms with Gasteiger partial charge in [-0.3, -0.25) is 0 Å². The molecule has 0 spiro atoms. The van der Waals surface area contributed by atoms with Crippen molar-refractivity contribution >= 4 is 43.5 Å². The third kappa shape index (κ3) is 3.09. The van der Waals surface area contributed by atoms with Crippen LogP contribution in [0.2, 0.25) is 5.02 Å². The predicted octanol–water partition coefficient (Wildman–Crippen LogP) is 5.73. The van der Waals surface area contributed by atoms with Gasteiger partial charge in [-0.1, -0.05) is 45.7 Å². The maximum atomic E-state index is 13.4. The van der Waals surface area contributed by atoms with E-state index in [1.165, 1.54) is 6.07 Å². The second-order valence-corrected chi connectivity index (χ2v) is 5.79. The molecule has 1 atom stereocenters. The van der Waals surface area contributed by atoms with Crippen molar-refractivity contribution in [3.63, 3.8) is 0 Å². The molecule has 0 N–H and O–H groups in total. The van der Waals surface area contributed by atoms with Gasteiger partial charge in [0.05, 0.1) is 9.30 Å². The topological polar surface area (TPSA) is 0 Å². The lowest BCUT2D eigenvalue weighted by atomic mass is 10.1. The van der Waals surface area contributed by atoms with E-state index in [2.05, 4.69) is 31.9 Å². The summed E-state index contributed by atoms with van der Waals surface area (Å²) in [6, 6.07) is 12.6. The average molecular weight is 378 g/mol. The molecular formula is C13H8Br2ClF. The quantitative estimate of drug-likeness (QED) is 0.586. The highest BCUT2D eigenvalue weighted by Crippen LogP contribution is 2.32. The Morgan fingerprint density at radius 1 is 1.00 bits per heavy atom. The third-order valence-electron chi connectivity index (χ3n) is 2.40. The van der Waals surface area contributed by atoms with E-state index in [-0.39, 0.29) is 10.6 Å². The summed E-state index contributed by atoms with van der Waals surface area (Å²) in [5, 5.41) is 0.690. The molecule has 0 nitrogen and oxygen atoms in total. The van der Waals surface area contributed by atoms with Crippen LogP contribution in [-0.2, 0) is 0 Å². The Kier molecular flexibility index (Phi) is 4.23. The molecule has 0 aromatic heterocycles. The zero-order valence-electron chi connectivity index (χ0n) is 8.63. The van der Waals surface area contributed by atoms with Crippen molar-refractivity contribution in [3.8, 4) is 0 Å². The number of hydrogen-bond acceptors (Lipinski definition) is 0. The molecule has 0 aliphatic carbocycles. The van der Waals surface area contributed by atoms with Crippen LogP contribution in [0.25, 0.3) is 0 Å². The molecule has 0 saturated carbocycles. The molecule has 0 aliphatic rings. The van der Waals surface area contributed by atoms with Gasteiger partial charge in [-0.25, -0.2) is 4.39 Å². The summed E-state index contributed by atoms with van der Waals surface area (Å²) in [6.45, 7) is 0. The van der Waals surface area contributed by atoms with E-state index in [4.69, 9.17) is 11.6 Å². The van der Waals surface area contributed by atoms with Gasteiger partial charge < -0.3 is 0 Å². The fraction of sp³-hybridized carbons (Fsp3) is 0.0769. The fourth-order valence-electron chi connectivity index (χ4n) is 1.49. The first-order valence-electron chi connectivity index (χ1n) is 4.92. The van der Waals surface area contributed by atoms with Gasteiger partial charge in [0, 0.05) is 5.02 Å². The van der Waals surface area contributed by atoms with Crippen LogP contribution in [0.5, 0.6) is 0 Å². The van der Waals surface area contributed by atoms with Crippen molar-refractivity contribution < 1.29 is 4.39 Å². The monoisotopic (exact) mass is 376 g/mol. The van der Waals surface area contributed by atoms with Crippen molar-refractivity contribution in [1.82, 2.24) is 0 Å². The molecule has 0 radical (unpaired) electrons. The second kappa shape index (κ2) is 5.51. The maximum Gasteiger partial charge on any atom is 0.137 e. The van der Waals surface area contributed by atoms with E-state index in [9.17, 15) is 4.39 Å². The first-order chi connectivity index (χ1) is 8.08. The summed E-state index contributed by atoms with van der Waals surface area (Å²) in [6.07, 6.45) is 0. The summed E-state index contributed by atoms with van der Waals surface area (Å²) in [7, 11) is 0. The van der Waals surface area contributed by atoms with Crippen LogP contribution in [0, 0.1) is 5.82 Å². The zero-order chi connectivity index (χ0) is 12.4. The molecule has 0 bridgehead atoms. The number of benzene rings is 2. The highest BCUT2D eigenvalue weighted by Gasteiger charge is 2.12. The van der Waals surface area contributed by atoms with Crippen LogP contribution in [0.3, 0.4) is 0 Å². The highest BCUT2D eigenvalue weighted by atomic mass is 79.9. The third-order valence-corrected chi connectivity index (χ3v) is 4.35. The molecule has 1 unspecified atom stereocenters. The Hall–Kier alpha value is -0.380. The van der Waals surface area contributed by atoms with Crippen LogP contribution < -0.4 is 0 Å². The van der Waals surface area contributed by atoms with Crippen LogP contribution >= 0.6 is 43.5 Å². The largest absolute Gasteiger partial charge is 0.206 e. The van der Waals surface area contributed by atoms with E-state index in [1.54, 1.807) is 6.07 Å². The summed E-state index contributed by atoms with van der Waals surface area (Å²) in [5.74, 6) is -0.263. The van der Waals surface area contributed by atoms with E-state index in [1.807, 2.05) is 30.3 Å². The Labute approximate surface area is 121 Å². The molecule has 0 saturated heterocycles. The van der Waals surface area contributed by atoms with E-state index >= 15 is 0 Å². The van der Waals surface area contributed by atoms with E-state index < -0.39 is 0 Å². The van der Waals surface area contributed by atoms with Crippen LogP contribution in [0.1, 0.15) is 16.0 Å². The maximum absolute atomic E-state index is 13.4. The fourth-order valence-corrected chi connectivity index (χ4v) is 2.46. The standard InChI is InChI=1S/C13H8Br2ClF/c14-11-6-3-9(7-12(11)17)13(15)8-1-4-10(16)5-2-8/h1-7,13H. The first-order valence-corrected chi connectivity index (χ1v) is 7.01. The Bertz CT molecular complexity index is 525. The van der Waals surface area contributed by atoms with Gasteiger partial charge in [-0.2, -0.15) is 0 Å². The zero-order valence-corrected chi connectivity index (χ0v) is 12.6. The van der Waals surface area contributed by atoms with Gasteiger partial charge in [0.2, 0.25) is 0 Å². The van der Waals surface area contributed by atoms with Crippen molar-refractivity contribution in [2.45, 2.75) is 4.83 Å². The molecule has 17 heavy (non-hydrogen) atoms. The number of halogens is 4. The van der Waals surface area contributed by atoms with Gasteiger partial charge in [0.15, 0.2) is 0 Å². The van der Waals surface area contributed by atoms with Gasteiger partial charge in [-0.05, 0) is 51.3 Å². The average Bonchev–Trinajstić information content (AvgIpc) is 2.33. The second-order valence-electron chi connectivity index (χ2n) is 3.59. The van der Waals surface area contributed by atoms with Crippen molar-refractivity contribution in [3.05, 3.63) is 68.9 Å². The van der Waals surface area contributed by atoms with Gasteiger partial charge in [0.1, 0.15) is 5.82 Å². The lowest BCUT2D eigenvalue weighted by molar-refractivity contribution is 0.619. The SMILES string of the molecule is Fc1cc(C(Br)c2ccc(Cl)cc2)ccc1Br. The lowest BCUT2D eigenvalue weighted by Crippen LogP contribution is -1.93. The molecule has 0 amide bonds. The molecule has 2 rings (SSSR count). The van der Waals surface area contributed by atoms with Gasteiger partial charge >= 0.3 is 0 Å². The van der Waals surface area contributed by atoms with Gasteiger partial charge in [-0.15, -0.1) is 0 Å². The van der Waals surface area contributed by atoms with Crippen molar-refractivity contribution in [2.24, 2.45) is 0 Å². The summed E-state index contributed by atoms with van der Waals surface area (Å²) >= 11 is 12.5. The number of rotatable bonds is 2. The lowest BCUT2D eigenvalue weighted by Gasteiger charge is -2.11. The van der Waals surface area contributed by atoms with E-state index in [0.29, 0.717) is 9.50 Å². The summed E-state index contributed by atoms with van der Waals surface area (Å²) < 4.78 is 13.9. The predicted molar refractivity (Wildman–Crippen MR) is 76.3 cm³/mol. The molecule has 0 fully saturated rings. The number of alkyl halides is 1. The summed E-state index contributed by atoms with van der Waals surface area (Å²) in [5.41, 5.74) is 1.91. The Morgan fingerprint density at radius 2 is 1.59 bits per heavy atom. The molecule has 0 aliphatic heterocycles. The molecule has 88 valence electrons. The minimum atomic E-state index is -0.263. The minimum Gasteiger partial charge on any atom is -0.206 e. The minimum absolute atomic E-state index is 0.0395. The van der Waals surface area contributed by atoms with Crippen molar-refractivity contribution in [2.75, 3.05) is 0 Å². The van der Waals surface area contributed by atoms with Crippen LogP contribution in [-0.4, -0.2) is 0 Å². The molecule has 4 heteroatoms. The molecule has 2 aromatic carbocycles. The Balaban J connectivity index is 2.33. The molecule has 2 aromatic rings. The van der Waals surface area contributed by atoms with Crippen LogP contribution in [0.4, 0.5) is 4.39 Å². The normalized spacial score (nSPS) is 12.5. The highest BCUT2D eigenvalue weighted by molar-refractivity contribution is 9.10. The molecular weight excluding hydrogens is 370 g/mol. The molecule has 0 heterocycles. The summed E-state index contributed by atoms with van der Waals surface area (Å²) in [4.78, 5) is -0.0395. The van der Waals surface area contributed by atoms with Crippen LogP contribution in [0.15, 0.2) is 46.9 Å². The van der Waals surface area contributed by atoms with Gasteiger partial charge in [0.25, 0.3) is 0 Å². The smallest absolute Gasteiger partial charge is 0.137 e. The first kappa shape index (κ1) is 13.1. The Morgan fingerprint density at radius 3 is 2.18 bits per heavy atom.